The molecule has 2 N–H and O–H groups in total. The summed E-state index contributed by atoms with van der Waals surface area (Å²) < 4.78 is 0. The van der Waals surface area contributed by atoms with Gasteiger partial charge in [0.1, 0.15) is 0 Å². The summed E-state index contributed by atoms with van der Waals surface area (Å²) in [7, 11) is 0. The van der Waals surface area contributed by atoms with Gasteiger partial charge >= 0.3 is 0 Å². The maximum Gasteiger partial charge on any atom is 0.0482 e. The van der Waals surface area contributed by atoms with Crippen LogP contribution < -0.4 is 5.73 Å². The Hall–Kier alpha value is -0.630. The normalized spacial score (nSPS) is 10.2. The van der Waals surface area contributed by atoms with Crippen LogP contribution in [0.5, 0.6) is 0 Å². The summed E-state index contributed by atoms with van der Waals surface area (Å²) in [6, 6.07) is 2.00. The number of anilines is 1. The number of hydrogen-bond acceptors (Lipinski definition) is 2. The van der Waals surface area contributed by atoms with Gasteiger partial charge < -0.3 is 5.73 Å². The van der Waals surface area contributed by atoms with Crippen LogP contribution in [0.4, 0.5) is 5.69 Å². The fourth-order valence-electron chi connectivity index (χ4n) is 1.08. The van der Waals surface area contributed by atoms with Crippen LogP contribution in [0.1, 0.15) is 16.7 Å². The summed E-state index contributed by atoms with van der Waals surface area (Å²) in [5.41, 5.74) is 10.2. The summed E-state index contributed by atoms with van der Waals surface area (Å²) in [4.78, 5) is 0.880. The van der Waals surface area contributed by atoms with Gasteiger partial charge in [0.2, 0.25) is 0 Å². The molecule has 0 saturated carbocycles. The van der Waals surface area contributed by atoms with Crippen LogP contribution in [0.15, 0.2) is 11.0 Å². The molecular weight excluding hydrogens is 154 g/mol. The molecule has 0 radical (unpaired) electrons. The minimum atomic E-state index is 0.802. The Balaban J connectivity index is 3.46. The van der Waals surface area contributed by atoms with Crippen molar-refractivity contribution >= 4 is 18.3 Å². The minimum Gasteiger partial charge on any atom is -0.398 e. The number of aryl methyl sites for hydroxylation is 1. The number of benzene rings is 1. The number of rotatable bonds is 0. The van der Waals surface area contributed by atoms with Crippen molar-refractivity contribution < 1.29 is 0 Å². The van der Waals surface area contributed by atoms with E-state index in [1.54, 1.807) is 0 Å². The van der Waals surface area contributed by atoms with Crippen LogP contribution in [0.3, 0.4) is 0 Å². The first-order chi connectivity index (χ1) is 5.04. The largest absolute Gasteiger partial charge is 0.398 e. The molecule has 0 unspecified atom stereocenters. The Morgan fingerprint density at radius 3 is 2.27 bits per heavy atom. The van der Waals surface area contributed by atoms with E-state index in [2.05, 4.69) is 26.5 Å². The van der Waals surface area contributed by atoms with Crippen molar-refractivity contribution in [1.29, 1.82) is 0 Å². The highest BCUT2D eigenvalue weighted by atomic mass is 32.1. The van der Waals surface area contributed by atoms with E-state index in [4.69, 9.17) is 5.73 Å². The summed E-state index contributed by atoms with van der Waals surface area (Å²) in [5.74, 6) is 0. The van der Waals surface area contributed by atoms with E-state index in [0.29, 0.717) is 0 Å². The van der Waals surface area contributed by atoms with Crippen molar-refractivity contribution in [3.63, 3.8) is 0 Å². The number of thiol groups is 1. The molecule has 1 nitrogen and oxygen atoms in total. The van der Waals surface area contributed by atoms with Gasteiger partial charge in [-0.05, 0) is 43.5 Å². The molecule has 60 valence electrons. The molecule has 0 aliphatic carbocycles. The van der Waals surface area contributed by atoms with Gasteiger partial charge in [0, 0.05) is 10.6 Å². The monoisotopic (exact) mass is 167 g/mol. The van der Waals surface area contributed by atoms with E-state index in [-0.39, 0.29) is 0 Å². The quantitative estimate of drug-likeness (QED) is 0.450. The number of nitrogen functional groups attached to an aromatic ring is 1. The molecule has 0 bridgehead atoms. The Labute approximate surface area is 73.0 Å². The summed E-state index contributed by atoms with van der Waals surface area (Å²) in [6.07, 6.45) is 0. The zero-order valence-corrected chi connectivity index (χ0v) is 8.00. The van der Waals surface area contributed by atoms with E-state index in [9.17, 15) is 0 Å². The molecule has 1 aromatic rings. The maximum absolute atomic E-state index is 5.78. The van der Waals surface area contributed by atoms with E-state index < -0.39 is 0 Å². The molecule has 2 heteroatoms. The maximum atomic E-state index is 5.78. The molecule has 0 atom stereocenters. The Kier molecular flexibility index (Phi) is 2.14. The summed E-state index contributed by atoms with van der Waals surface area (Å²) >= 11 is 4.26. The summed E-state index contributed by atoms with van der Waals surface area (Å²) in [5, 5.41) is 0. The second-order valence-corrected chi connectivity index (χ2v) is 3.36. The van der Waals surface area contributed by atoms with Gasteiger partial charge in [-0.1, -0.05) is 0 Å². The minimum absolute atomic E-state index is 0.802. The van der Waals surface area contributed by atoms with Crippen molar-refractivity contribution in [2.45, 2.75) is 25.7 Å². The van der Waals surface area contributed by atoms with Crippen molar-refractivity contribution in [1.82, 2.24) is 0 Å². The Morgan fingerprint density at radius 2 is 1.73 bits per heavy atom. The average molecular weight is 167 g/mol. The zero-order valence-electron chi connectivity index (χ0n) is 7.10. The van der Waals surface area contributed by atoms with Crippen LogP contribution in [0.25, 0.3) is 0 Å². The molecule has 0 saturated heterocycles. The fourth-order valence-corrected chi connectivity index (χ4v) is 1.44. The van der Waals surface area contributed by atoms with Crippen LogP contribution in [-0.2, 0) is 0 Å². The van der Waals surface area contributed by atoms with Crippen molar-refractivity contribution in [3.05, 3.63) is 22.8 Å². The highest BCUT2D eigenvalue weighted by molar-refractivity contribution is 7.80. The van der Waals surface area contributed by atoms with Crippen molar-refractivity contribution in [2.24, 2.45) is 0 Å². The lowest BCUT2D eigenvalue weighted by atomic mass is 10.0. The van der Waals surface area contributed by atoms with Gasteiger partial charge in [-0.3, -0.25) is 0 Å². The van der Waals surface area contributed by atoms with Crippen LogP contribution in [-0.4, -0.2) is 0 Å². The molecule has 11 heavy (non-hydrogen) atoms. The van der Waals surface area contributed by atoms with Crippen molar-refractivity contribution in [2.75, 3.05) is 5.73 Å². The smallest absolute Gasteiger partial charge is 0.0482 e. The lowest BCUT2D eigenvalue weighted by Crippen LogP contribution is -1.96. The molecule has 0 heterocycles. The SMILES string of the molecule is Cc1cc(S)c(N)c(C)c1C. The number of nitrogens with two attached hydrogens (primary N) is 1. The summed E-state index contributed by atoms with van der Waals surface area (Å²) in [6.45, 7) is 6.17. The van der Waals surface area contributed by atoms with Crippen molar-refractivity contribution in [3.8, 4) is 0 Å². The standard InChI is InChI=1S/C9H13NS/c1-5-4-8(11)9(10)7(3)6(5)2/h4,11H,10H2,1-3H3. The molecule has 0 fully saturated rings. The lowest BCUT2D eigenvalue weighted by molar-refractivity contribution is 1.22. The lowest BCUT2D eigenvalue weighted by Gasteiger charge is -2.09. The molecule has 0 aliphatic rings. The van der Waals surface area contributed by atoms with Crippen LogP contribution in [0.2, 0.25) is 0 Å². The van der Waals surface area contributed by atoms with E-state index >= 15 is 0 Å². The second kappa shape index (κ2) is 2.78. The molecule has 0 aromatic heterocycles. The van der Waals surface area contributed by atoms with Gasteiger partial charge in [-0.2, -0.15) is 0 Å². The molecule has 0 amide bonds. The molecule has 1 rings (SSSR count). The third-order valence-electron chi connectivity index (χ3n) is 2.19. The van der Waals surface area contributed by atoms with Gasteiger partial charge in [-0.25, -0.2) is 0 Å². The molecule has 0 spiro atoms. The van der Waals surface area contributed by atoms with Gasteiger partial charge in [-0.15, -0.1) is 12.6 Å². The van der Waals surface area contributed by atoms with Crippen LogP contribution in [0, 0.1) is 20.8 Å². The third-order valence-corrected chi connectivity index (χ3v) is 2.56. The zero-order chi connectivity index (χ0) is 8.59. The van der Waals surface area contributed by atoms with E-state index in [1.165, 1.54) is 11.1 Å². The van der Waals surface area contributed by atoms with Gasteiger partial charge in [0.15, 0.2) is 0 Å². The second-order valence-electron chi connectivity index (χ2n) is 2.88. The highest BCUT2D eigenvalue weighted by Gasteiger charge is 2.03. The molecule has 0 aliphatic heterocycles. The predicted molar refractivity (Wildman–Crippen MR) is 52.3 cm³/mol. The van der Waals surface area contributed by atoms with Gasteiger partial charge in [0.25, 0.3) is 0 Å². The van der Waals surface area contributed by atoms with E-state index in [0.717, 1.165) is 16.1 Å². The Bertz CT molecular complexity index is 266. The predicted octanol–water partition coefficient (Wildman–Crippen LogP) is 2.48. The topological polar surface area (TPSA) is 26.0 Å². The third kappa shape index (κ3) is 1.36. The average Bonchev–Trinajstić information content (AvgIpc) is 1.97. The first-order valence-corrected chi connectivity index (χ1v) is 4.04. The highest BCUT2D eigenvalue weighted by Crippen LogP contribution is 2.26. The molecular formula is C9H13NS. The van der Waals surface area contributed by atoms with Crippen LogP contribution >= 0.6 is 12.6 Å². The Morgan fingerprint density at radius 1 is 1.18 bits per heavy atom. The van der Waals surface area contributed by atoms with Gasteiger partial charge in [0.05, 0.1) is 0 Å². The number of hydrogen-bond donors (Lipinski definition) is 2. The fraction of sp³-hybridized carbons (Fsp3) is 0.333. The first-order valence-electron chi connectivity index (χ1n) is 3.59. The van der Waals surface area contributed by atoms with E-state index in [1.807, 2.05) is 13.0 Å². The molecule has 1 aromatic carbocycles. The first kappa shape index (κ1) is 8.47.